The van der Waals surface area contributed by atoms with Crippen LogP contribution in [0, 0.1) is 12.7 Å². The third kappa shape index (κ3) is 3.58. The SMILES string of the molecule is CCC(C)NCC(O)c1ccc(F)c(C)c1. The largest absolute Gasteiger partial charge is 0.387 e. The maximum atomic E-state index is 13.0. The maximum absolute atomic E-state index is 13.0. The number of halogens is 1. The summed E-state index contributed by atoms with van der Waals surface area (Å²) in [6, 6.07) is 5.11. The van der Waals surface area contributed by atoms with Crippen molar-refractivity contribution in [1.82, 2.24) is 5.32 Å². The molecule has 0 aliphatic rings. The molecule has 2 atom stereocenters. The summed E-state index contributed by atoms with van der Waals surface area (Å²) in [5.74, 6) is -0.231. The molecule has 2 N–H and O–H groups in total. The molecule has 0 spiro atoms. The molecule has 3 heteroatoms. The Labute approximate surface area is 96.5 Å². The number of aliphatic hydroxyl groups is 1. The van der Waals surface area contributed by atoms with E-state index in [2.05, 4.69) is 19.2 Å². The zero-order valence-electron chi connectivity index (χ0n) is 10.1. The van der Waals surface area contributed by atoms with E-state index in [1.807, 2.05) is 0 Å². The van der Waals surface area contributed by atoms with Gasteiger partial charge in [-0.05, 0) is 37.5 Å². The second kappa shape index (κ2) is 5.97. The zero-order chi connectivity index (χ0) is 12.1. The molecule has 0 aromatic heterocycles. The lowest BCUT2D eigenvalue weighted by molar-refractivity contribution is 0.170. The summed E-state index contributed by atoms with van der Waals surface area (Å²) in [4.78, 5) is 0. The minimum atomic E-state index is -0.576. The Morgan fingerprint density at radius 3 is 2.69 bits per heavy atom. The van der Waals surface area contributed by atoms with Gasteiger partial charge >= 0.3 is 0 Å². The van der Waals surface area contributed by atoms with Crippen LogP contribution in [0.2, 0.25) is 0 Å². The standard InChI is InChI=1S/C13H20FNO/c1-4-10(3)15-8-13(16)11-5-6-12(14)9(2)7-11/h5-7,10,13,15-16H,4,8H2,1-3H3. The Balaban J connectivity index is 2.59. The van der Waals surface area contributed by atoms with Gasteiger partial charge in [0.2, 0.25) is 0 Å². The van der Waals surface area contributed by atoms with Crippen molar-refractivity contribution in [2.75, 3.05) is 6.54 Å². The number of nitrogens with one attached hydrogen (secondary N) is 1. The third-order valence-corrected chi connectivity index (χ3v) is 2.84. The van der Waals surface area contributed by atoms with Crippen LogP contribution >= 0.6 is 0 Å². The Bertz CT molecular complexity index is 341. The molecule has 1 rings (SSSR count). The molecule has 0 saturated carbocycles. The maximum Gasteiger partial charge on any atom is 0.126 e. The van der Waals surface area contributed by atoms with Crippen molar-refractivity contribution in [1.29, 1.82) is 0 Å². The van der Waals surface area contributed by atoms with Crippen molar-refractivity contribution in [3.05, 3.63) is 35.1 Å². The van der Waals surface area contributed by atoms with Gasteiger partial charge in [-0.2, -0.15) is 0 Å². The molecule has 0 heterocycles. The first-order chi connectivity index (χ1) is 7.54. The highest BCUT2D eigenvalue weighted by atomic mass is 19.1. The lowest BCUT2D eigenvalue weighted by atomic mass is 10.1. The van der Waals surface area contributed by atoms with Gasteiger partial charge in [-0.15, -0.1) is 0 Å². The van der Waals surface area contributed by atoms with E-state index in [9.17, 15) is 9.50 Å². The Hall–Kier alpha value is -0.930. The smallest absolute Gasteiger partial charge is 0.126 e. The van der Waals surface area contributed by atoms with E-state index in [0.717, 1.165) is 12.0 Å². The van der Waals surface area contributed by atoms with Crippen LogP contribution in [0.3, 0.4) is 0 Å². The molecule has 90 valence electrons. The van der Waals surface area contributed by atoms with E-state index in [-0.39, 0.29) is 5.82 Å². The fraction of sp³-hybridized carbons (Fsp3) is 0.538. The van der Waals surface area contributed by atoms with Gasteiger partial charge in [0.25, 0.3) is 0 Å². The van der Waals surface area contributed by atoms with E-state index in [0.29, 0.717) is 18.2 Å². The van der Waals surface area contributed by atoms with Crippen LogP contribution in [-0.4, -0.2) is 17.7 Å². The lowest BCUT2D eigenvalue weighted by Gasteiger charge is -2.16. The molecule has 2 nitrogen and oxygen atoms in total. The molecule has 0 fully saturated rings. The van der Waals surface area contributed by atoms with Gasteiger partial charge < -0.3 is 10.4 Å². The van der Waals surface area contributed by atoms with Crippen molar-refractivity contribution < 1.29 is 9.50 Å². The summed E-state index contributed by atoms with van der Waals surface area (Å²) in [5.41, 5.74) is 1.33. The fourth-order valence-electron chi connectivity index (χ4n) is 1.45. The van der Waals surface area contributed by atoms with E-state index in [4.69, 9.17) is 0 Å². The second-order valence-corrected chi connectivity index (χ2v) is 4.24. The van der Waals surface area contributed by atoms with Crippen LogP contribution in [0.5, 0.6) is 0 Å². The number of aryl methyl sites for hydroxylation is 1. The first-order valence-corrected chi connectivity index (χ1v) is 5.72. The first-order valence-electron chi connectivity index (χ1n) is 5.72. The van der Waals surface area contributed by atoms with Crippen LogP contribution in [0.15, 0.2) is 18.2 Å². The number of benzene rings is 1. The van der Waals surface area contributed by atoms with Gasteiger partial charge in [0.05, 0.1) is 6.10 Å². The predicted octanol–water partition coefficient (Wildman–Crippen LogP) is 2.56. The Morgan fingerprint density at radius 2 is 2.12 bits per heavy atom. The molecule has 0 amide bonds. The lowest BCUT2D eigenvalue weighted by Crippen LogP contribution is -2.29. The number of rotatable bonds is 5. The molecule has 0 saturated heterocycles. The third-order valence-electron chi connectivity index (χ3n) is 2.84. The van der Waals surface area contributed by atoms with E-state index < -0.39 is 6.10 Å². The van der Waals surface area contributed by atoms with Crippen LogP contribution in [0.1, 0.15) is 37.5 Å². The van der Waals surface area contributed by atoms with Gasteiger partial charge in [0.1, 0.15) is 5.82 Å². The van der Waals surface area contributed by atoms with Crippen molar-refractivity contribution in [3.63, 3.8) is 0 Å². The number of aliphatic hydroxyl groups excluding tert-OH is 1. The predicted molar refractivity (Wildman–Crippen MR) is 63.9 cm³/mol. The minimum Gasteiger partial charge on any atom is -0.387 e. The Morgan fingerprint density at radius 1 is 1.44 bits per heavy atom. The summed E-state index contributed by atoms with van der Waals surface area (Å²) in [6.45, 7) is 6.36. The normalized spacial score (nSPS) is 14.8. The average molecular weight is 225 g/mol. The van der Waals surface area contributed by atoms with Crippen molar-refractivity contribution >= 4 is 0 Å². The van der Waals surface area contributed by atoms with Crippen LogP contribution in [-0.2, 0) is 0 Å². The summed E-state index contributed by atoms with van der Waals surface area (Å²) in [6.07, 6.45) is 0.447. The summed E-state index contributed by atoms with van der Waals surface area (Å²) in [5, 5.41) is 13.1. The number of hydrogen-bond donors (Lipinski definition) is 2. The second-order valence-electron chi connectivity index (χ2n) is 4.24. The van der Waals surface area contributed by atoms with Gasteiger partial charge in [-0.3, -0.25) is 0 Å². The highest BCUT2D eigenvalue weighted by Crippen LogP contribution is 2.16. The minimum absolute atomic E-state index is 0.231. The molecule has 0 radical (unpaired) electrons. The average Bonchev–Trinajstić information content (AvgIpc) is 2.29. The van der Waals surface area contributed by atoms with E-state index in [1.165, 1.54) is 6.07 Å². The zero-order valence-corrected chi connectivity index (χ0v) is 10.1. The molecule has 1 aromatic rings. The van der Waals surface area contributed by atoms with E-state index >= 15 is 0 Å². The molecule has 0 bridgehead atoms. The highest BCUT2D eigenvalue weighted by molar-refractivity contribution is 5.25. The molecule has 0 aliphatic carbocycles. The molecule has 2 unspecified atom stereocenters. The van der Waals surface area contributed by atoms with Crippen LogP contribution in [0.4, 0.5) is 4.39 Å². The molecule has 1 aromatic carbocycles. The monoisotopic (exact) mass is 225 g/mol. The fourth-order valence-corrected chi connectivity index (χ4v) is 1.45. The van der Waals surface area contributed by atoms with Crippen LogP contribution < -0.4 is 5.32 Å². The summed E-state index contributed by atoms with van der Waals surface area (Å²) < 4.78 is 13.0. The van der Waals surface area contributed by atoms with Gasteiger partial charge in [0.15, 0.2) is 0 Å². The van der Waals surface area contributed by atoms with Crippen molar-refractivity contribution in [2.24, 2.45) is 0 Å². The quantitative estimate of drug-likeness (QED) is 0.807. The Kier molecular flexibility index (Phi) is 4.90. The van der Waals surface area contributed by atoms with Gasteiger partial charge in [-0.1, -0.05) is 19.1 Å². The highest BCUT2D eigenvalue weighted by Gasteiger charge is 2.10. The van der Waals surface area contributed by atoms with E-state index in [1.54, 1.807) is 19.1 Å². The van der Waals surface area contributed by atoms with Crippen molar-refractivity contribution in [2.45, 2.75) is 39.3 Å². The molecular formula is C13H20FNO. The topological polar surface area (TPSA) is 32.3 Å². The number of hydrogen-bond acceptors (Lipinski definition) is 2. The van der Waals surface area contributed by atoms with Crippen LogP contribution in [0.25, 0.3) is 0 Å². The molecule has 16 heavy (non-hydrogen) atoms. The summed E-state index contributed by atoms with van der Waals surface area (Å²) in [7, 11) is 0. The van der Waals surface area contributed by atoms with Crippen molar-refractivity contribution in [3.8, 4) is 0 Å². The molecular weight excluding hydrogens is 205 g/mol. The summed E-state index contributed by atoms with van der Waals surface area (Å²) >= 11 is 0. The first kappa shape index (κ1) is 13.1. The van der Waals surface area contributed by atoms with Gasteiger partial charge in [-0.25, -0.2) is 4.39 Å². The van der Waals surface area contributed by atoms with Gasteiger partial charge in [0, 0.05) is 12.6 Å². The molecule has 0 aliphatic heterocycles.